The average molecular weight is 650 g/mol. The third-order valence-corrected chi connectivity index (χ3v) is 11.3. The lowest BCUT2D eigenvalue weighted by Gasteiger charge is -2.34. The minimum Gasteiger partial charge on any atom is -0.497 e. The van der Waals surface area contributed by atoms with Gasteiger partial charge in [-0.3, -0.25) is 14.4 Å². The molecule has 6 rings (SSSR count). The molecule has 1 unspecified atom stereocenters. The van der Waals surface area contributed by atoms with Crippen LogP contribution < -0.4 is 14.8 Å². The maximum Gasteiger partial charge on any atom is 0.303 e. The van der Waals surface area contributed by atoms with Crippen molar-refractivity contribution in [1.29, 1.82) is 0 Å². The predicted molar refractivity (Wildman–Crippen MR) is 176 cm³/mol. The fraction of sp³-hybridized carbons (Fsp3) is 0.500. The SMILES string of the molecule is COc1ccc2c(c1)CC(C)(C(=O)N1CCNC(=O)CC1)Cn1c-2c(C2CCCCC2)c2ccc(C(=O)NS(=O)(=O)N(C)C)cc21. The number of nitrogens with one attached hydrogen (secondary N) is 2. The molecular formula is C34H43N5O6S. The normalized spacial score (nSPS) is 20.8. The summed E-state index contributed by atoms with van der Waals surface area (Å²) in [5.74, 6) is 0.207. The Hall–Kier alpha value is -3.90. The zero-order valence-electron chi connectivity index (χ0n) is 27.0. The zero-order chi connectivity index (χ0) is 32.8. The smallest absolute Gasteiger partial charge is 0.303 e. The molecule has 1 saturated heterocycles. The van der Waals surface area contributed by atoms with Crippen LogP contribution in [0, 0.1) is 5.41 Å². The molecule has 246 valence electrons. The molecule has 1 atom stereocenters. The highest BCUT2D eigenvalue weighted by Crippen LogP contribution is 2.49. The fourth-order valence-electron chi connectivity index (χ4n) is 7.44. The van der Waals surface area contributed by atoms with Crippen LogP contribution in [-0.4, -0.2) is 80.8 Å². The summed E-state index contributed by atoms with van der Waals surface area (Å²) in [5, 5.41) is 3.88. The molecule has 12 heteroatoms. The van der Waals surface area contributed by atoms with Crippen LogP contribution in [0.3, 0.4) is 0 Å². The van der Waals surface area contributed by atoms with E-state index in [4.69, 9.17) is 4.74 Å². The van der Waals surface area contributed by atoms with Gasteiger partial charge >= 0.3 is 10.2 Å². The summed E-state index contributed by atoms with van der Waals surface area (Å²) in [4.78, 5) is 41.7. The predicted octanol–water partition coefficient (Wildman–Crippen LogP) is 3.81. The van der Waals surface area contributed by atoms with Gasteiger partial charge in [-0.25, -0.2) is 4.72 Å². The highest BCUT2D eigenvalue weighted by Gasteiger charge is 2.42. The molecule has 1 aliphatic carbocycles. The maximum atomic E-state index is 14.5. The zero-order valence-corrected chi connectivity index (χ0v) is 27.8. The lowest BCUT2D eigenvalue weighted by molar-refractivity contribution is -0.141. The number of fused-ring (bicyclic) bond motifs is 5. The second-order valence-electron chi connectivity index (χ2n) is 13.3. The third-order valence-electron chi connectivity index (χ3n) is 9.85. The van der Waals surface area contributed by atoms with Crippen molar-refractivity contribution in [1.82, 2.24) is 23.8 Å². The Morgan fingerprint density at radius 3 is 2.54 bits per heavy atom. The molecule has 2 aromatic carbocycles. The standard InChI is InChI=1S/C34H43N5O6S/c1-34(33(42)38-16-14-29(40)35-15-17-38)20-24-18-25(45-4)11-13-26(24)31-30(22-8-6-5-7-9-22)27-12-10-23(19-28(27)39(31)21-34)32(41)36-46(43,44)37(2)3/h10-13,18-19,22H,5-9,14-17,20-21H2,1-4H3,(H,35,40)(H,36,41). The minimum atomic E-state index is -3.99. The van der Waals surface area contributed by atoms with E-state index in [-0.39, 0.29) is 23.8 Å². The minimum absolute atomic E-state index is 0.0299. The van der Waals surface area contributed by atoms with E-state index in [1.165, 1.54) is 26.1 Å². The molecule has 0 radical (unpaired) electrons. The Morgan fingerprint density at radius 1 is 1.07 bits per heavy atom. The molecule has 3 heterocycles. The number of rotatable bonds is 6. The van der Waals surface area contributed by atoms with Crippen molar-refractivity contribution in [3.8, 4) is 17.0 Å². The summed E-state index contributed by atoms with van der Waals surface area (Å²) in [7, 11) is 0.370. The van der Waals surface area contributed by atoms with Crippen LogP contribution in [0.15, 0.2) is 36.4 Å². The summed E-state index contributed by atoms with van der Waals surface area (Å²) < 4.78 is 36.0. The lowest BCUT2D eigenvalue weighted by Crippen LogP contribution is -2.46. The molecule has 11 nitrogen and oxygen atoms in total. The first-order valence-electron chi connectivity index (χ1n) is 16.1. The number of aromatic nitrogens is 1. The first kappa shape index (κ1) is 32.1. The van der Waals surface area contributed by atoms with Crippen molar-refractivity contribution >= 4 is 38.8 Å². The van der Waals surface area contributed by atoms with Crippen LogP contribution in [0.1, 0.15) is 72.9 Å². The molecule has 3 aliphatic rings. The van der Waals surface area contributed by atoms with E-state index in [0.29, 0.717) is 44.3 Å². The second kappa shape index (κ2) is 12.4. The van der Waals surface area contributed by atoms with Gasteiger partial charge in [-0.05, 0) is 73.6 Å². The molecular weight excluding hydrogens is 606 g/mol. The largest absolute Gasteiger partial charge is 0.497 e. The van der Waals surface area contributed by atoms with Crippen molar-refractivity contribution in [2.75, 3.05) is 40.8 Å². The molecule has 0 spiro atoms. The first-order chi connectivity index (χ1) is 21.9. The summed E-state index contributed by atoms with van der Waals surface area (Å²) in [6, 6.07) is 11.4. The Kier molecular flexibility index (Phi) is 8.62. The van der Waals surface area contributed by atoms with E-state index >= 15 is 0 Å². The highest BCUT2D eigenvalue weighted by molar-refractivity contribution is 7.87. The van der Waals surface area contributed by atoms with Crippen molar-refractivity contribution < 1.29 is 27.5 Å². The Balaban J connectivity index is 1.56. The van der Waals surface area contributed by atoms with E-state index < -0.39 is 21.5 Å². The lowest BCUT2D eigenvalue weighted by atomic mass is 9.79. The quantitative estimate of drug-likeness (QED) is 0.418. The van der Waals surface area contributed by atoms with Gasteiger partial charge < -0.3 is 19.5 Å². The third kappa shape index (κ3) is 5.88. The molecule has 1 aromatic heterocycles. The van der Waals surface area contributed by atoms with Gasteiger partial charge in [0.05, 0.1) is 18.2 Å². The second-order valence-corrected chi connectivity index (χ2v) is 15.2. The number of hydrogen-bond acceptors (Lipinski definition) is 6. The molecule has 2 aliphatic heterocycles. The average Bonchev–Trinajstić information content (AvgIpc) is 3.12. The van der Waals surface area contributed by atoms with Crippen LogP contribution in [0.2, 0.25) is 0 Å². The summed E-state index contributed by atoms with van der Waals surface area (Å²) >= 11 is 0. The van der Waals surface area contributed by atoms with Crippen molar-refractivity contribution in [3.05, 3.63) is 53.1 Å². The monoisotopic (exact) mass is 649 g/mol. The Bertz CT molecular complexity index is 1810. The van der Waals surface area contributed by atoms with Crippen LogP contribution in [-0.2, 0) is 32.8 Å². The molecule has 0 bridgehead atoms. The van der Waals surface area contributed by atoms with Gasteiger partial charge in [0.1, 0.15) is 5.75 Å². The van der Waals surface area contributed by atoms with E-state index in [1.807, 2.05) is 25.1 Å². The number of ether oxygens (including phenoxy) is 1. The Labute approximate surface area is 270 Å². The maximum absolute atomic E-state index is 14.5. The van der Waals surface area contributed by atoms with Gasteiger partial charge in [0.25, 0.3) is 5.91 Å². The van der Waals surface area contributed by atoms with Crippen LogP contribution in [0.25, 0.3) is 22.2 Å². The first-order valence-corrected chi connectivity index (χ1v) is 17.5. The topological polar surface area (TPSA) is 130 Å². The number of carbonyl (C=O) groups is 3. The summed E-state index contributed by atoms with van der Waals surface area (Å²) in [6.07, 6.45) is 6.27. The molecule has 46 heavy (non-hydrogen) atoms. The van der Waals surface area contributed by atoms with Crippen molar-refractivity contribution in [3.63, 3.8) is 0 Å². The van der Waals surface area contributed by atoms with Crippen molar-refractivity contribution in [2.45, 2.75) is 64.3 Å². The van der Waals surface area contributed by atoms with Crippen LogP contribution in [0.4, 0.5) is 0 Å². The van der Waals surface area contributed by atoms with Crippen LogP contribution in [0.5, 0.6) is 5.75 Å². The van der Waals surface area contributed by atoms with Crippen LogP contribution >= 0.6 is 0 Å². The van der Waals surface area contributed by atoms with E-state index in [0.717, 1.165) is 57.7 Å². The van der Waals surface area contributed by atoms with Gasteiger partial charge in [-0.1, -0.05) is 25.3 Å². The number of amides is 3. The van der Waals surface area contributed by atoms with Crippen molar-refractivity contribution in [2.24, 2.45) is 5.41 Å². The number of hydrogen-bond donors (Lipinski definition) is 2. The fourth-order valence-corrected chi connectivity index (χ4v) is 7.97. The van der Waals surface area contributed by atoms with Gasteiger partial charge in [0.15, 0.2) is 0 Å². The van der Waals surface area contributed by atoms with Gasteiger partial charge in [0, 0.05) is 68.7 Å². The van der Waals surface area contributed by atoms with E-state index in [2.05, 4.69) is 20.7 Å². The molecule has 3 aromatic rings. The summed E-state index contributed by atoms with van der Waals surface area (Å²) in [6.45, 7) is 3.52. The number of benzene rings is 2. The highest BCUT2D eigenvalue weighted by atomic mass is 32.2. The molecule has 3 amide bonds. The van der Waals surface area contributed by atoms with E-state index in [1.54, 1.807) is 24.1 Å². The summed E-state index contributed by atoms with van der Waals surface area (Å²) in [5.41, 5.74) is 4.43. The van der Waals surface area contributed by atoms with Gasteiger partial charge in [-0.2, -0.15) is 12.7 Å². The Morgan fingerprint density at radius 2 is 1.83 bits per heavy atom. The number of methoxy groups -OCH3 is 1. The van der Waals surface area contributed by atoms with Gasteiger partial charge in [-0.15, -0.1) is 0 Å². The molecule has 2 fully saturated rings. The van der Waals surface area contributed by atoms with E-state index in [9.17, 15) is 22.8 Å². The molecule has 1 saturated carbocycles. The number of carbonyl (C=O) groups excluding carboxylic acids is 3. The molecule has 2 N–H and O–H groups in total. The number of nitrogens with zero attached hydrogens (tertiary/aromatic N) is 3. The van der Waals surface area contributed by atoms with Gasteiger partial charge in [0.2, 0.25) is 11.8 Å².